The van der Waals surface area contributed by atoms with Crippen molar-refractivity contribution in [3.05, 3.63) is 97.0 Å². The van der Waals surface area contributed by atoms with Gasteiger partial charge in [0.2, 0.25) is 5.78 Å². The number of allylic oxidation sites excluding steroid dienone is 2. The van der Waals surface area contributed by atoms with Crippen molar-refractivity contribution in [3.63, 3.8) is 0 Å². The smallest absolute Gasteiger partial charge is 0.343 e. The average Bonchev–Trinajstić information content (AvgIpc) is 3.22. The van der Waals surface area contributed by atoms with Crippen LogP contribution in [-0.4, -0.2) is 23.4 Å². The van der Waals surface area contributed by atoms with Gasteiger partial charge in [0.25, 0.3) is 0 Å². The summed E-state index contributed by atoms with van der Waals surface area (Å²) in [4.78, 5) is 27.6. The first-order valence-corrected chi connectivity index (χ1v) is 11.9. The van der Waals surface area contributed by atoms with E-state index in [-0.39, 0.29) is 11.4 Å². The van der Waals surface area contributed by atoms with Gasteiger partial charge in [-0.15, -0.1) is 0 Å². The molecule has 0 N–H and O–H groups in total. The number of aryl methyl sites for hydroxylation is 1. The molecule has 0 spiro atoms. The summed E-state index contributed by atoms with van der Waals surface area (Å²) in [5.74, 6) is -1.04. The molecule has 1 aliphatic rings. The van der Waals surface area contributed by atoms with E-state index in [1.54, 1.807) is 30.0 Å². The number of carbonyl (C=O) groups excluding carboxylic acids is 2. The van der Waals surface area contributed by atoms with E-state index in [0.717, 1.165) is 32.8 Å². The van der Waals surface area contributed by atoms with Gasteiger partial charge in [-0.25, -0.2) is 4.79 Å². The van der Waals surface area contributed by atoms with E-state index in [0.29, 0.717) is 21.4 Å². The molecular formula is C26H21BrCl2N2O3. The molecule has 0 bridgehead atoms. The standard InChI is InChI=1S/C26H21BrCl2N2O3/c1-14-11-17(15(2)30(14)20-9-10-21(28)22(29)13-20)12-23-25(32)24(26(33)34-4)16(3)31(23)19-7-5-18(27)6-8-19/h5-13H,1-4H3/b23-12-. The lowest BCUT2D eigenvalue weighted by Crippen LogP contribution is -2.18. The summed E-state index contributed by atoms with van der Waals surface area (Å²) in [7, 11) is 1.27. The molecule has 2 heterocycles. The first-order chi connectivity index (χ1) is 16.1. The Kier molecular flexibility index (Phi) is 6.76. The number of Topliss-reactive ketones (excluding diaryl/α,β-unsaturated/α-hetero) is 1. The normalized spacial score (nSPS) is 15.0. The third-order valence-electron chi connectivity index (χ3n) is 5.80. The number of carbonyl (C=O) groups is 2. The lowest BCUT2D eigenvalue weighted by atomic mass is 10.1. The largest absolute Gasteiger partial charge is 0.465 e. The zero-order chi connectivity index (χ0) is 24.7. The Morgan fingerprint density at radius 1 is 0.971 bits per heavy atom. The van der Waals surface area contributed by atoms with Crippen LogP contribution < -0.4 is 4.90 Å². The summed E-state index contributed by atoms with van der Waals surface area (Å²) in [5, 5.41) is 0.940. The van der Waals surface area contributed by atoms with E-state index >= 15 is 0 Å². The monoisotopic (exact) mass is 558 g/mol. The van der Waals surface area contributed by atoms with Crippen LogP contribution in [0.2, 0.25) is 10.0 Å². The highest BCUT2D eigenvalue weighted by atomic mass is 79.9. The summed E-state index contributed by atoms with van der Waals surface area (Å²) in [6.07, 6.45) is 1.81. The zero-order valence-corrected chi connectivity index (χ0v) is 22.0. The van der Waals surface area contributed by atoms with Crippen LogP contribution in [0.5, 0.6) is 0 Å². The predicted octanol–water partition coefficient (Wildman–Crippen LogP) is 7.04. The van der Waals surface area contributed by atoms with Crippen LogP contribution in [0.3, 0.4) is 0 Å². The Balaban J connectivity index is 1.87. The maximum Gasteiger partial charge on any atom is 0.343 e. The van der Waals surface area contributed by atoms with E-state index in [9.17, 15) is 9.59 Å². The molecule has 4 rings (SSSR count). The number of hydrogen-bond acceptors (Lipinski definition) is 4. The molecule has 174 valence electrons. The van der Waals surface area contributed by atoms with E-state index in [1.807, 2.05) is 54.8 Å². The molecule has 2 aromatic carbocycles. The second-order valence-corrected chi connectivity index (χ2v) is 9.61. The van der Waals surface area contributed by atoms with E-state index in [1.165, 1.54) is 7.11 Å². The van der Waals surface area contributed by atoms with Crippen LogP contribution in [0.4, 0.5) is 5.69 Å². The minimum absolute atomic E-state index is 0.0231. The minimum atomic E-state index is -0.658. The van der Waals surface area contributed by atoms with Gasteiger partial charge in [-0.1, -0.05) is 39.1 Å². The molecule has 0 saturated heterocycles. The van der Waals surface area contributed by atoms with Gasteiger partial charge in [-0.2, -0.15) is 0 Å². The van der Waals surface area contributed by atoms with Crippen LogP contribution >= 0.6 is 39.1 Å². The second-order valence-electron chi connectivity index (χ2n) is 7.88. The first kappa shape index (κ1) is 24.3. The number of ketones is 1. The van der Waals surface area contributed by atoms with Gasteiger partial charge in [0.15, 0.2) is 0 Å². The molecule has 8 heteroatoms. The van der Waals surface area contributed by atoms with Crippen molar-refractivity contribution in [1.82, 2.24) is 4.57 Å². The molecule has 0 aliphatic carbocycles. The molecule has 0 radical (unpaired) electrons. The number of aromatic nitrogens is 1. The van der Waals surface area contributed by atoms with Crippen molar-refractivity contribution in [2.75, 3.05) is 12.0 Å². The number of anilines is 1. The molecular weight excluding hydrogens is 539 g/mol. The number of rotatable bonds is 4. The fraction of sp³-hybridized carbons (Fsp3) is 0.154. The molecule has 0 atom stereocenters. The van der Waals surface area contributed by atoms with Crippen LogP contribution in [-0.2, 0) is 14.3 Å². The first-order valence-electron chi connectivity index (χ1n) is 10.4. The number of halogens is 3. The fourth-order valence-electron chi connectivity index (χ4n) is 4.18. The van der Waals surface area contributed by atoms with Crippen molar-refractivity contribution >= 4 is 62.6 Å². The quantitative estimate of drug-likeness (QED) is 0.195. The van der Waals surface area contributed by atoms with Crippen LogP contribution in [0.15, 0.2) is 70.0 Å². The Labute approximate surface area is 216 Å². The molecule has 0 unspecified atom stereocenters. The maximum absolute atomic E-state index is 13.4. The summed E-state index contributed by atoms with van der Waals surface area (Å²) in [5.41, 5.74) is 5.25. The van der Waals surface area contributed by atoms with Gasteiger partial charge in [-0.05, 0) is 80.9 Å². The highest BCUT2D eigenvalue weighted by molar-refractivity contribution is 9.10. The zero-order valence-electron chi connectivity index (χ0n) is 18.9. The Morgan fingerprint density at radius 3 is 2.24 bits per heavy atom. The second kappa shape index (κ2) is 9.45. The number of esters is 1. The van der Waals surface area contributed by atoms with Crippen LogP contribution in [0, 0.1) is 13.8 Å². The minimum Gasteiger partial charge on any atom is -0.465 e. The number of hydrogen-bond donors (Lipinski definition) is 0. The molecule has 1 aromatic heterocycles. The molecule has 3 aromatic rings. The molecule has 0 amide bonds. The lowest BCUT2D eigenvalue weighted by Gasteiger charge is -2.21. The summed E-state index contributed by atoms with van der Waals surface area (Å²) in [6, 6.07) is 15.0. The summed E-state index contributed by atoms with van der Waals surface area (Å²) < 4.78 is 7.85. The lowest BCUT2D eigenvalue weighted by molar-refractivity contribution is -0.137. The third-order valence-corrected chi connectivity index (χ3v) is 7.06. The number of methoxy groups -OCH3 is 1. The van der Waals surface area contributed by atoms with Gasteiger partial charge in [-0.3, -0.25) is 4.79 Å². The van der Waals surface area contributed by atoms with Crippen molar-refractivity contribution in [3.8, 4) is 5.69 Å². The number of benzene rings is 2. The predicted molar refractivity (Wildman–Crippen MR) is 140 cm³/mol. The fourth-order valence-corrected chi connectivity index (χ4v) is 4.74. The van der Waals surface area contributed by atoms with Gasteiger partial charge < -0.3 is 14.2 Å². The van der Waals surface area contributed by atoms with E-state index in [2.05, 4.69) is 15.9 Å². The van der Waals surface area contributed by atoms with Crippen molar-refractivity contribution in [1.29, 1.82) is 0 Å². The molecule has 5 nitrogen and oxygen atoms in total. The van der Waals surface area contributed by atoms with E-state index < -0.39 is 5.97 Å². The number of nitrogens with zero attached hydrogens (tertiary/aromatic N) is 2. The summed E-state index contributed by atoms with van der Waals surface area (Å²) in [6.45, 7) is 5.68. The summed E-state index contributed by atoms with van der Waals surface area (Å²) >= 11 is 15.8. The van der Waals surface area contributed by atoms with Gasteiger partial charge in [0.05, 0.1) is 22.9 Å². The number of ether oxygens (including phenoxy) is 1. The SMILES string of the molecule is COC(=O)C1=C(C)N(c2ccc(Br)cc2)/C(=C\c2cc(C)n(-c3ccc(Cl)c(Cl)c3)c2C)C1=O. The van der Waals surface area contributed by atoms with Crippen LogP contribution in [0.25, 0.3) is 11.8 Å². The molecule has 34 heavy (non-hydrogen) atoms. The third kappa shape index (κ3) is 4.22. The van der Waals surface area contributed by atoms with Gasteiger partial charge >= 0.3 is 5.97 Å². The van der Waals surface area contributed by atoms with Gasteiger partial charge in [0, 0.05) is 32.9 Å². The maximum atomic E-state index is 13.4. The van der Waals surface area contributed by atoms with Gasteiger partial charge in [0.1, 0.15) is 5.57 Å². The van der Waals surface area contributed by atoms with E-state index in [4.69, 9.17) is 27.9 Å². The van der Waals surface area contributed by atoms with Crippen molar-refractivity contribution < 1.29 is 14.3 Å². The Morgan fingerprint density at radius 2 is 1.62 bits per heavy atom. The highest BCUT2D eigenvalue weighted by Crippen LogP contribution is 2.37. The molecule has 0 fully saturated rings. The highest BCUT2D eigenvalue weighted by Gasteiger charge is 2.38. The van der Waals surface area contributed by atoms with Crippen molar-refractivity contribution in [2.24, 2.45) is 0 Å². The van der Waals surface area contributed by atoms with Crippen LogP contribution in [0.1, 0.15) is 23.9 Å². The Hall–Kier alpha value is -2.80. The van der Waals surface area contributed by atoms with Crippen molar-refractivity contribution in [2.45, 2.75) is 20.8 Å². The Bertz CT molecular complexity index is 1390. The molecule has 1 aliphatic heterocycles. The topological polar surface area (TPSA) is 51.5 Å². The molecule has 0 saturated carbocycles. The average molecular weight is 560 g/mol.